The van der Waals surface area contributed by atoms with Crippen molar-refractivity contribution in [1.29, 1.82) is 0 Å². The number of benzene rings is 1. The molecule has 4 heteroatoms. The van der Waals surface area contributed by atoms with Gasteiger partial charge in [-0.15, -0.1) is 0 Å². The fraction of sp³-hybridized carbons (Fsp3) is 0.538. The Kier molecular flexibility index (Phi) is 3.74. The molecule has 1 aliphatic carbocycles. The summed E-state index contributed by atoms with van der Waals surface area (Å²) in [4.78, 5) is 0. The SMILES string of the molecule is Nc1ccc(NCC2CCCC(O)C2)cc1N. The van der Waals surface area contributed by atoms with Crippen LogP contribution in [0.1, 0.15) is 25.7 Å². The van der Waals surface area contributed by atoms with Crippen molar-refractivity contribution < 1.29 is 5.11 Å². The van der Waals surface area contributed by atoms with E-state index >= 15 is 0 Å². The normalized spacial score (nSPS) is 24.5. The summed E-state index contributed by atoms with van der Waals surface area (Å²) in [5, 5.41) is 12.9. The summed E-state index contributed by atoms with van der Waals surface area (Å²) >= 11 is 0. The molecule has 0 radical (unpaired) electrons. The van der Waals surface area contributed by atoms with Gasteiger partial charge in [-0.2, -0.15) is 0 Å². The van der Waals surface area contributed by atoms with E-state index < -0.39 is 0 Å². The van der Waals surface area contributed by atoms with Crippen LogP contribution in [0.4, 0.5) is 17.1 Å². The first-order chi connectivity index (χ1) is 8.15. The summed E-state index contributed by atoms with van der Waals surface area (Å²) in [6.45, 7) is 0.889. The molecular weight excluding hydrogens is 214 g/mol. The highest BCUT2D eigenvalue weighted by Gasteiger charge is 2.19. The molecule has 1 saturated carbocycles. The summed E-state index contributed by atoms with van der Waals surface area (Å²) in [6.07, 6.45) is 4.04. The second-order valence-corrected chi connectivity index (χ2v) is 4.91. The lowest BCUT2D eigenvalue weighted by molar-refractivity contribution is 0.105. The van der Waals surface area contributed by atoms with Crippen LogP contribution < -0.4 is 16.8 Å². The molecule has 17 heavy (non-hydrogen) atoms. The minimum Gasteiger partial charge on any atom is -0.397 e. The Morgan fingerprint density at radius 1 is 1.24 bits per heavy atom. The Morgan fingerprint density at radius 2 is 2.06 bits per heavy atom. The zero-order valence-electron chi connectivity index (χ0n) is 10.0. The first-order valence-corrected chi connectivity index (χ1v) is 6.22. The van der Waals surface area contributed by atoms with Crippen molar-refractivity contribution in [2.45, 2.75) is 31.8 Å². The predicted octanol–water partition coefficient (Wildman–Crippen LogP) is 1.81. The van der Waals surface area contributed by atoms with Gasteiger partial charge in [-0.25, -0.2) is 0 Å². The minimum absolute atomic E-state index is 0.118. The molecule has 0 aromatic heterocycles. The average Bonchev–Trinajstić information content (AvgIpc) is 2.31. The molecule has 0 heterocycles. The van der Waals surface area contributed by atoms with Gasteiger partial charge in [0.2, 0.25) is 0 Å². The Morgan fingerprint density at radius 3 is 2.76 bits per heavy atom. The molecule has 1 aromatic carbocycles. The lowest BCUT2D eigenvalue weighted by atomic mass is 9.87. The number of anilines is 3. The van der Waals surface area contributed by atoms with E-state index in [9.17, 15) is 5.11 Å². The predicted molar refractivity (Wildman–Crippen MR) is 71.7 cm³/mol. The highest BCUT2D eigenvalue weighted by Crippen LogP contribution is 2.25. The molecule has 1 aromatic rings. The van der Waals surface area contributed by atoms with E-state index in [0.29, 0.717) is 17.3 Å². The topological polar surface area (TPSA) is 84.3 Å². The second kappa shape index (κ2) is 5.27. The van der Waals surface area contributed by atoms with Gasteiger partial charge in [0, 0.05) is 12.2 Å². The molecule has 4 nitrogen and oxygen atoms in total. The van der Waals surface area contributed by atoms with Crippen molar-refractivity contribution in [2.24, 2.45) is 5.92 Å². The first-order valence-electron chi connectivity index (χ1n) is 6.22. The molecule has 0 spiro atoms. The van der Waals surface area contributed by atoms with Crippen LogP contribution in [0.3, 0.4) is 0 Å². The van der Waals surface area contributed by atoms with Gasteiger partial charge in [-0.05, 0) is 43.4 Å². The van der Waals surface area contributed by atoms with Gasteiger partial charge in [0.05, 0.1) is 17.5 Å². The third-order valence-corrected chi connectivity index (χ3v) is 3.44. The average molecular weight is 235 g/mol. The Balaban J connectivity index is 1.86. The molecule has 6 N–H and O–H groups in total. The molecule has 94 valence electrons. The van der Waals surface area contributed by atoms with Crippen LogP contribution >= 0.6 is 0 Å². The van der Waals surface area contributed by atoms with Crippen molar-refractivity contribution >= 4 is 17.1 Å². The first kappa shape index (κ1) is 12.0. The summed E-state index contributed by atoms with van der Waals surface area (Å²) in [7, 11) is 0. The highest BCUT2D eigenvalue weighted by atomic mass is 16.3. The van der Waals surface area contributed by atoms with Crippen LogP contribution in [0.5, 0.6) is 0 Å². The van der Waals surface area contributed by atoms with Crippen LogP contribution in [-0.4, -0.2) is 17.8 Å². The third kappa shape index (κ3) is 3.27. The molecule has 2 atom stereocenters. The van der Waals surface area contributed by atoms with Gasteiger partial charge in [0.15, 0.2) is 0 Å². The van der Waals surface area contributed by atoms with Gasteiger partial charge in [-0.1, -0.05) is 6.42 Å². The van der Waals surface area contributed by atoms with Gasteiger partial charge in [0.25, 0.3) is 0 Å². The summed E-state index contributed by atoms with van der Waals surface area (Å²) in [6, 6.07) is 5.60. The van der Waals surface area contributed by atoms with Gasteiger partial charge in [0.1, 0.15) is 0 Å². The molecule has 1 fully saturated rings. The van der Waals surface area contributed by atoms with Crippen molar-refractivity contribution in [3.05, 3.63) is 18.2 Å². The smallest absolute Gasteiger partial charge is 0.0568 e. The Hall–Kier alpha value is -1.42. The second-order valence-electron chi connectivity index (χ2n) is 4.91. The van der Waals surface area contributed by atoms with E-state index in [1.54, 1.807) is 0 Å². The lowest BCUT2D eigenvalue weighted by Crippen LogP contribution is -2.25. The standard InChI is InChI=1S/C13H21N3O/c14-12-5-4-10(7-13(12)15)16-8-9-2-1-3-11(17)6-9/h4-5,7,9,11,16-17H,1-3,6,8,14-15H2. The molecule has 0 aliphatic heterocycles. The number of aliphatic hydroxyl groups excluding tert-OH is 1. The van der Waals surface area contributed by atoms with Gasteiger partial charge < -0.3 is 21.9 Å². The molecule has 0 saturated heterocycles. The Labute approximate surface area is 102 Å². The highest BCUT2D eigenvalue weighted by molar-refractivity contribution is 5.69. The third-order valence-electron chi connectivity index (χ3n) is 3.44. The number of nitrogen functional groups attached to an aromatic ring is 2. The van der Waals surface area contributed by atoms with Crippen LogP contribution in [0.25, 0.3) is 0 Å². The van der Waals surface area contributed by atoms with E-state index in [2.05, 4.69) is 5.32 Å². The maximum Gasteiger partial charge on any atom is 0.0568 e. The molecule has 1 aliphatic rings. The molecule has 2 rings (SSSR count). The number of nitrogens with one attached hydrogen (secondary N) is 1. The van der Waals surface area contributed by atoms with E-state index in [-0.39, 0.29) is 6.10 Å². The van der Waals surface area contributed by atoms with Crippen LogP contribution in [0.2, 0.25) is 0 Å². The number of rotatable bonds is 3. The van der Waals surface area contributed by atoms with E-state index in [4.69, 9.17) is 11.5 Å². The maximum absolute atomic E-state index is 9.59. The fourth-order valence-electron chi connectivity index (χ4n) is 2.39. The maximum atomic E-state index is 9.59. The zero-order valence-corrected chi connectivity index (χ0v) is 10.0. The van der Waals surface area contributed by atoms with Crippen LogP contribution in [0.15, 0.2) is 18.2 Å². The van der Waals surface area contributed by atoms with E-state index in [1.165, 1.54) is 6.42 Å². The fourth-order valence-corrected chi connectivity index (χ4v) is 2.39. The van der Waals surface area contributed by atoms with E-state index in [0.717, 1.165) is 31.5 Å². The molecule has 0 amide bonds. The largest absolute Gasteiger partial charge is 0.397 e. The van der Waals surface area contributed by atoms with Crippen LogP contribution in [0, 0.1) is 5.92 Å². The Bertz CT molecular complexity index is 381. The summed E-state index contributed by atoms with van der Waals surface area (Å²) in [5.41, 5.74) is 13.6. The zero-order chi connectivity index (χ0) is 12.3. The van der Waals surface area contributed by atoms with Crippen molar-refractivity contribution in [3.8, 4) is 0 Å². The molecule has 2 unspecified atom stereocenters. The lowest BCUT2D eigenvalue weighted by Gasteiger charge is -2.26. The number of hydrogen-bond acceptors (Lipinski definition) is 4. The molecular formula is C13H21N3O. The quantitative estimate of drug-likeness (QED) is 0.602. The van der Waals surface area contributed by atoms with E-state index in [1.807, 2.05) is 18.2 Å². The van der Waals surface area contributed by atoms with Crippen molar-refractivity contribution in [3.63, 3.8) is 0 Å². The van der Waals surface area contributed by atoms with Crippen molar-refractivity contribution in [2.75, 3.05) is 23.3 Å². The number of aliphatic hydroxyl groups is 1. The van der Waals surface area contributed by atoms with Gasteiger partial charge in [-0.3, -0.25) is 0 Å². The minimum atomic E-state index is -0.118. The van der Waals surface area contributed by atoms with Gasteiger partial charge >= 0.3 is 0 Å². The molecule has 0 bridgehead atoms. The summed E-state index contributed by atoms with van der Waals surface area (Å²) < 4.78 is 0. The number of nitrogens with two attached hydrogens (primary N) is 2. The number of hydrogen-bond donors (Lipinski definition) is 4. The van der Waals surface area contributed by atoms with Crippen molar-refractivity contribution in [1.82, 2.24) is 0 Å². The monoisotopic (exact) mass is 235 g/mol. The van der Waals surface area contributed by atoms with Crippen LogP contribution in [-0.2, 0) is 0 Å². The summed E-state index contributed by atoms with van der Waals surface area (Å²) in [5.74, 6) is 0.553.